The number of anilines is 2. The second-order valence-corrected chi connectivity index (χ2v) is 4.71. The number of hydrogen-bond donors (Lipinski definition) is 0. The van der Waals surface area contributed by atoms with Crippen molar-refractivity contribution in [3.8, 4) is 0 Å². The number of rotatable bonds is 5. The first-order valence-corrected chi connectivity index (χ1v) is 6.14. The van der Waals surface area contributed by atoms with Crippen molar-refractivity contribution in [3.05, 3.63) is 40.3 Å². The third kappa shape index (κ3) is 2.65. The normalized spacial score (nSPS) is 10.4. The Balaban J connectivity index is 2.49. The number of amides is 1. The minimum absolute atomic E-state index is 0.135. The van der Waals surface area contributed by atoms with E-state index in [1.54, 1.807) is 14.1 Å². The summed E-state index contributed by atoms with van der Waals surface area (Å²) in [6, 6.07) is 2.70. The third-order valence-corrected chi connectivity index (χ3v) is 3.19. The first kappa shape index (κ1) is 14.8. The summed E-state index contributed by atoms with van der Waals surface area (Å²) in [5.41, 5.74) is 0.457. The predicted octanol–water partition coefficient (Wildman–Crippen LogP) is 1.95. The van der Waals surface area contributed by atoms with E-state index in [1.807, 2.05) is 0 Å². The maximum atomic E-state index is 11.3. The van der Waals surface area contributed by atoms with E-state index in [0.29, 0.717) is 17.9 Å². The molecule has 0 saturated carbocycles. The molecule has 110 valence electrons. The van der Waals surface area contributed by atoms with E-state index in [4.69, 9.17) is 11.6 Å². The highest BCUT2D eigenvalue weighted by atomic mass is 35.5. The summed E-state index contributed by atoms with van der Waals surface area (Å²) in [4.78, 5) is 34.0. The molecule has 0 unspecified atom stereocenters. The zero-order valence-corrected chi connectivity index (χ0v) is 11.9. The van der Waals surface area contributed by atoms with Crippen LogP contribution in [0, 0.1) is 10.1 Å². The maximum Gasteiger partial charge on any atom is 0.289 e. The van der Waals surface area contributed by atoms with Crippen LogP contribution in [0.1, 0.15) is 10.5 Å². The Morgan fingerprint density at radius 1 is 1.33 bits per heavy atom. The van der Waals surface area contributed by atoms with Crippen molar-refractivity contribution < 1.29 is 14.5 Å². The van der Waals surface area contributed by atoms with Gasteiger partial charge in [0.25, 0.3) is 10.9 Å². The summed E-state index contributed by atoms with van der Waals surface area (Å²) in [5, 5.41) is 10.1. The number of hydrogen-bond acceptors (Lipinski definition) is 4. The maximum absolute atomic E-state index is 11.3. The van der Waals surface area contributed by atoms with E-state index in [0.717, 1.165) is 0 Å². The summed E-state index contributed by atoms with van der Waals surface area (Å²) < 4.78 is 2.92. The van der Waals surface area contributed by atoms with Crippen LogP contribution in [0.4, 0.5) is 17.2 Å². The molecule has 0 bridgehead atoms. The van der Waals surface area contributed by atoms with Gasteiger partial charge in [0, 0.05) is 20.3 Å². The molecule has 0 aliphatic rings. The van der Waals surface area contributed by atoms with Gasteiger partial charge in [0.1, 0.15) is 11.5 Å². The summed E-state index contributed by atoms with van der Waals surface area (Å²) in [5.74, 6) is 0.302. The largest absolute Gasteiger partial charge is 0.345 e. The van der Waals surface area contributed by atoms with Crippen molar-refractivity contribution in [2.75, 3.05) is 4.90 Å². The fourth-order valence-electron chi connectivity index (χ4n) is 2.00. The Bertz CT molecular complexity index is 734. The van der Waals surface area contributed by atoms with E-state index in [9.17, 15) is 19.7 Å². The fourth-order valence-corrected chi connectivity index (χ4v) is 2.18. The molecule has 0 aromatic carbocycles. The lowest BCUT2D eigenvalue weighted by atomic mass is 10.4. The van der Waals surface area contributed by atoms with Gasteiger partial charge in [0.05, 0.1) is 22.9 Å². The lowest BCUT2D eigenvalue weighted by Gasteiger charge is -2.15. The molecule has 21 heavy (non-hydrogen) atoms. The van der Waals surface area contributed by atoms with Gasteiger partial charge in [0.2, 0.25) is 6.41 Å². The van der Waals surface area contributed by atoms with Gasteiger partial charge in [0.15, 0.2) is 0 Å². The van der Waals surface area contributed by atoms with Crippen LogP contribution < -0.4 is 4.90 Å². The molecule has 2 aromatic heterocycles. The number of carbonyl (C=O) groups excluding carboxylic acids is 2. The van der Waals surface area contributed by atoms with Crippen molar-refractivity contribution in [3.63, 3.8) is 0 Å². The van der Waals surface area contributed by atoms with Gasteiger partial charge in [-0.2, -0.15) is 0 Å². The number of carbonyl (C=O) groups is 2. The van der Waals surface area contributed by atoms with Gasteiger partial charge in [-0.15, -0.1) is 0 Å². The molecular formula is C12H11ClN4O4. The molecule has 9 heteroatoms. The van der Waals surface area contributed by atoms with Gasteiger partial charge in [-0.3, -0.25) is 24.6 Å². The van der Waals surface area contributed by atoms with Crippen LogP contribution in [0.2, 0.25) is 0 Å². The average Bonchev–Trinajstić information content (AvgIpc) is 2.95. The standard InChI is InChI=1S/C12H11ClN4O4/c1-14-5-8(3-10(14)12(13)19)16(7-18)11-4-9(17(20)21)6-15(11)2/h3-7H,1-2H3. The van der Waals surface area contributed by atoms with Crippen LogP contribution in [-0.4, -0.2) is 25.7 Å². The Hall–Kier alpha value is -2.61. The first-order chi connectivity index (χ1) is 9.85. The molecule has 0 fully saturated rings. The predicted molar refractivity (Wildman–Crippen MR) is 75.9 cm³/mol. The first-order valence-electron chi connectivity index (χ1n) is 5.76. The van der Waals surface area contributed by atoms with Crippen LogP contribution in [-0.2, 0) is 18.9 Å². The molecule has 0 saturated heterocycles. The second kappa shape index (κ2) is 5.41. The van der Waals surface area contributed by atoms with Gasteiger partial charge >= 0.3 is 0 Å². The summed E-state index contributed by atoms with van der Waals surface area (Å²) in [6.45, 7) is 0. The minimum atomic E-state index is -0.660. The Morgan fingerprint density at radius 2 is 2.00 bits per heavy atom. The molecule has 2 aromatic rings. The van der Waals surface area contributed by atoms with E-state index in [1.165, 1.54) is 38.6 Å². The minimum Gasteiger partial charge on any atom is -0.345 e. The zero-order chi connectivity index (χ0) is 15.7. The van der Waals surface area contributed by atoms with Crippen molar-refractivity contribution in [2.45, 2.75) is 0 Å². The quantitative estimate of drug-likeness (QED) is 0.365. The van der Waals surface area contributed by atoms with Crippen LogP contribution in [0.25, 0.3) is 0 Å². The van der Waals surface area contributed by atoms with Crippen LogP contribution >= 0.6 is 11.6 Å². The number of halogens is 1. The lowest BCUT2D eigenvalue weighted by molar-refractivity contribution is -0.384. The SMILES string of the molecule is Cn1cc(N(C=O)c2cc([N+](=O)[O-])cn2C)cc1C(=O)Cl. The zero-order valence-electron chi connectivity index (χ0n) is 11.2. The Kier molecular flexibility index (Phi) is 3.81. The number of nitro groups is 1. The molecule has 0 radical (unpaired) electrons. The molecule has 0 spiro atoms. The Labute approximate surface area is 124 Å². The highest BCUT2D eigenvalue weighted by Crippen LogP contribution is 2.29. The average molecular weight is 311 g/mol. The van der Waals surface area contributed by atoms with Crippen LogP contribution in [0.5, 0.6) is 0 Å². The van der Waals surface area contributed by atoms with E-state index < -0.39 is 10.2 Å². The molecule has 0 aliphatic heterocycles. The molecule has 2 heterocycles. The molecule has 0 N–H and O–H groups in total. The molecular weight excluding hydrogens is 300 g/mol. The number of aromatic nitrogens is 2. The van der Waals surface area contributed by atoms with Crippen LogP contribution in [0.3, 0.4) is 0 Å². The number of nitrogens with zero attached hydrogens (tertiary/aromatic N) is 4. The summed E-state index contributed by atoms with van der Waals surface area (Å²) in [6.07, 6.45) is 3.34. The molecule has 0 atom stereocenters. The molecule has 1 amide bonds. The van der Waals surface area contributed by atoms with Crippen molar-refractivity contribution >= 4 is 40.4 Å². The summed E-state index contributed by atoms with van der Waals surface area (Å²) >= 11 is 5.43. The molecule has 0 aliphatic carbocycles. The van der Waals surface area contributed by atoms with E-state index in [-0.39, 0.29) is 11.4 Å². The topological polar surface area (TPSA) is 90.4 Å². The van der Waals surface area contributed by atoms with Crippen LogP contribution in [0.15, 0.2) is 24.5 Å². The van der Waals surface area contributed by atoms with Gasteiger partial charge < -0.3 is 9.13 Å². The third-order valence-electron chi connectivity index (χ3n) is 3.00. The number of aryl methyl sites for hydroxylation is 2. The Morgan fingerprint density at radius 3 is 2.43 bits per heavy atom. The monoisotopic (exact) mass is 310 g/mol. The fraction of sp³-hybridized carbons (Fsp3) is 0.167. The van der Waals surface area contributed by atoms with E-state index in [2.05, 4.69) is 0 Å². The molecule has 2 rings (SSSR count). The lowest BCUT2D eigenvalue weighted by Crippen LogP contribution is -2.16. The second-order valence-electron chi connectivity index (χ2n) is 4.37. The highest BCUT2D eigenvalue weighted by Gasteiger charge is 2.20. The van der Waals surface area contributed by atoms with Gasteiger partial charge in [-0.25, -0.2) is 0 Å². The van der Waals surface area contributed by atoms with Gasteiger partial charge in [-0.1, -0.05) is 0 Å². The van der Waals surface area contributed by atoms with Crippen molar-refractivity contribution in [1.82, 2.24) is 9.13 Å². The van der Waals surface area contributed by atoms with Crippen molar-refractivity contribution in [2.24, 2.45) is 14.1 Å². The molecule has 8 nitrogen and oxygen atoms in total. The van der Waals surface area contributed by atoms with Crippen molar-refractivity contribution in [1.29, 1.82) is 0 Å². The van der Waals surface area contributed by atoms with Gasteiger partial charge in [-0.05, 0) is 17.7 Å². The smallest absolute Gasteiger partial charge is 0.289 e. The summed E-state index contributed by atoms with van der Waals surface area (Å²) in [7, 11) is 3.19. The van der Waals surface area contributed by atoms with E-state index >= 15 is 0 Å². The highest BCUT2D eigenvalue weighted by molar-refractivity contribution is 6.67.